The summed E-state index contributed by atoms with van der Waals surface area (Å²) in [6.07, 6.45) is 4.46. The van der Waals surface area contributed by atoms with Gasteiger partial charge in [-0.2, -0.15) is 0 Å². The molecule has 0 bridgehead atoms. The molecule has 1 aliphatic heterocycles. The zero-order chi connectivity index (χ0) is 20.5. The Bertz CT molecular complexity index is 1220. The Hall–Kier alpha value is -3.43. The van der Waals surface area contributed by atoms with Crippen molar-refractivity contribution in [2.24, 2.45) is 0 Å². The van der Waals surface area contributed by atoms with Crippen LogP contribution in [0.3, 0.4) is 0 Å². The minimum absolute atomic E-state index is 0.0306. The number of aromatic nitrogens is 1. The van der Waals surface area contributed by atoms with Crippen molar-refractivity contribution >= 4 is 23.2 Å². The van der Waals surface area contributed by atoms with Gasteiger partial charge in [0.2, 0.25) is 0 Å². The van der Waals surface area contributed by atoms with E-state index in [1.54, 1.807) is 12.4 Å². The second kappa shape index (κ2) is 7.77. The van der Waals surface area contributed by atoms with Crippen LogP contribution < -0.4 is 4.90 Å². The zero-order valence-corrected chi connectivity index (χ0v) is 17.0. The number of anilines is 1. The second-order valence-electron chi connectivity index (χ2n) is 7.37. The Kier molecular flexibility index (Phi) is 4.82. The van der Waals surface area contributed by atoms with E-state index in [0.29, 0.717) is 17.1 Å². The molecule has 4 aromatic rings. The number of pyridine rings is 1. The smallest absolute Gasteiger partial charge is 0.258 e. The van der Waals surface area contributed by atoms with Gasteiger partial charge in [-0.1, -0.05) is 41.9 Å². The van der Waals surface area contributed by atoms with Crippen molar-refractivity contribution in [1.29, 1.82) is 0 Å². The van der Waals surface area contributed by atoms with E-state index in [1.807, 2.05) is 65.6 Å². The maximum Gasteiger partial charge on any atom is 0.258 e. The summed E-state index contributed by atoms with van der Waals surface area (Å²) in [5, 5.41) is 0.701. The fourth-order valence-electron chi connectivity index (χ4n) is 3.97. The Morgan fingerprint density at radius 3 is 2.27 bits per heavy atom. The molecule has 0 fully saturated rings. The number of carbonyl (C=O) groups excluding carboxylic acids is 1. The number of carbonyl (C=O) groups is 1. The standard InChI is InChI=1S/C26H19ClN2O/c27-24-3-1-2-21(17-24)18-4-6-20(7-5-18)26(30)29-15-12-23-16-22(8-9-25(23)29)19-10-13-28-14-11-19/h1-11,13-14,16-17H,12,15H2. The molecule has 0 saturated heterocycles. The molecular formula is C26H19ClN2O. The van der Waals surface area contributed by atoms with Crippen LogP contribution in [-0.4, -0.2) is 17.4 Å². The average Bonchev–Trinajstić information content (AvgIpc) is 3.22. The van der Waals surface area contributed by atoms with E-state index in [4.69, 9.17) is 11.6 Å². The first-order valence-electron chi connectivity index (χ1n) is 9.90. The normalized spacial score (nSPS) is 12.6. The van der Waals surface area contributed by atoms with Crippen LogP contribution in [0.25, 0.3) is 22.3 Å². The van der Waals surface area contributed by atoms with E-state index < -0.39 is 0 Å². The van der Waals surface area contributed by atoms with Crippen LogP contribution in [0.1, 0.15) is 15.9 Å². The van der Waals surface area contributed by atoms with Gasteiger partial charge in [-0.15, -0.1) is 0 Å². The van der Waals surface area contributed by atoms with E-state index in [0.717, 1.165) is 34.4 Å². The molecule has 0 unspecified atom stereocenters. The molecule has 0 spiro atoms. The maximum atomic E-state index is 13.2. The van der Waals surface area contributed by atoms with E-state index in [9.17, 15) is 4.79 Å². The van der Waals surface area contributed by atoms with E-state index in [1.165, 1.54) is 5.56 Å². The predicted octanol–water partition coefficient (Wildman–Crippen LogP) is 6.27. The zero-order valence-electron chi connectivity index (χ0n) is 16.3. The van der Waals surface area contributed by atoms with Crippen LogP contribution in [0.2, 0.25) is 5.02 Å². The maximum absolute atomic E-state index is 13.2. The summed E-state index contributed by atoms with van der Waals surface area (Å²) in [6.45, 7) is 0.698. The number of halogens is 1. The molecule has 1 amide bonds. The molecule has 0 atom stereocenters. The summed E-state index contributed by atoms with van der Waals surface area (Å²) in [5.41, 5.74) is 7.25. The third kappa shape index (κ3) is 3.49. The fourth-order valence-corrected chi connectivity index (χ4v) is 4.16. The van der Waals surface area contributed by atoms with Crippen LogP contribution >= 0.6 is 11.6 Å². The highest BCUT2D eigenvalue weighted by Gasteiger charge is 2.25. The van der Waals surface area contributed by atoms with Crippen LogP contribution in [0.4, 0.5) is 5.69 Å². The Morgan fingerprint density at radius 1 is 0.800 bits per heavy atom. The predicted molar refractivity (Wildman–Crippen MR) is 122 cm³/mol. The number of nitrogens with zero attached hydrogens (tertiary/aromatic N) is 2. The monoisotopic (exact) mass is 410 g/mol. The molecule has 2 heterocycles. The molecule has 0 radical (unpaired) electrons. The number of benzene rings is 3. The lowest BCUT2D eigenvalue weighted by Crippen LogP contribution is -2.28. The van der Waals surface area contributed by atoms with Crippen molar-refractivity contribution in [3.63, 3.8) is 0 Å². The first-order valence-corrected chi connectivity index (χ1v) is 10.3. The minimum atomic E-state index is 0.0306. The molecule has 3 nitrogen and oxygen atoms in total. The van der Waals surface area contributed by atoms with Gasteiger partial charge in [-0.05, 0) is 82.8 Å². The molecule has 30 heavy (non-hydrogen) atoms. The summed E-state index contributed by atoms with van der Waals surface area (Å²) in [7, 11) is 0. The number of amides is 1. The molecule has 0 N–H and O–H groups in total. The molecule has 5 rings (SSSR count). The first kappa shape index (κ1) is 18.6. The minimum Gasteiger partial charge on any atom is -0.308 e. The van der Waals surface area contributed by atoms with Crippen molar-refractivity contribution in [2.45, 2.75) is 6.42 Å². The van der Waals surface area contributed by atoms with Gasteiger partial charge in [0.05, 0.1) is 0 Å². The highest BCUT2D eigenvalue weighted by molar-refractivity contribution is 6.30. The van der Waals surface area contributed by atoms with Gasteiger partial charge in [-0.3, -0.25) is 9.78 Å². The van der Waals surface area contributed by atoms with Crippen molar-refractivity contribution < 1.29 is 4.79 Å². The summed E-state index contributed by atoms with van der Waals surface area (Å²) in [6, 6.07) is 25.8. The quantitative estimate of drug-likeness (QED) is 0.398. The fraction of sp³-hybridized carbons (Fsp3) is 0.0769. The van der Waals surface area contributed by atoms with Gasteiger partial charge >= 0.3 is 0 Å². The SMILES string of the molecule is O=C(c1ccc(-c2cccc(Cl)c2)cc1)N1CCc2cc(-c3ccncc3)ccc21. The topological polar surface area (TPSA) is 33.2 Å². The molecule has 0 aliphatic carbocycles. The largest absolute Gasteiger partial charge is 0.308 e. The number of rotatable bonds is 3. The van der Waals surface area contributed by atoms with E-state index in [-0.39, 0.29) is 5.91 Å². The lowest BCUT2D eigenvalue weighted by Gasteiger charge is -2.18. The number of fused-ring (bicyclic) bond motifs is 1. The van der Waals surface area contributed by atoms with Crippen LogP contribution in [0.5, 0.6) is 0 Å². The first-order chi connectivity index (χ1) is 14.7. The highest BCUT2D eigenvalue weighted by atomic mass is 35.5. The second-order valence-corrected chi connectivity index (χ2v) is 7.81. The Balaban J connectivity index is 1.39. The lowest BCUT2D eigenvalue weighted by molar-refractivity contribution is 0.0989. The van der Waals surface area contributed by atoms with Gasteiger partial charge in [0, 0.05) is 35.2 Å². The van der Waals surface area contributed by atoms with Crippen LogP contribution in [0.15, 0.2) is 91.3 Å². The number of hydrogen-bond acceptors (Lipinski definition) is 2. The van der Waals surface area contributed by atoms with Crippen molar-refractivity contribution in [3.8, 4) is 22.3 Å². The summed E-state index contributed by atoms with van der Waals surface area (Å²) in [5.74, 6) is 0.0306. The highest BCUT2D eigenvalue weighted by Crippen LogP contribution is 2.33. The summed E-state index contributed by atoms with van der Waals surface area (Å²) < 4.78 is 0. The van der Waals surface area contributed by atoms with E-state index in [2.05, 4.69) is 23.2 Å². The molecule has 4 heteroatoms. The molecular weight excluding hydrogens is 392 g/mol. The van der Waals surface area contributed by atoms with Gasteiger partial charge in [-0.25, -0.2) is 0 Å². The summed E-state index contributed by atoms with van der Waals surface area (Å²) in [4.78, 5) is 19.1. The van der Waals surface area contributed by atoms with Crippen LogP contribution in [-0.2, 0) is 6.42 Å². The van der Waals surface area contributed by atoms with Gasteiger partial charge in [0.1, 0.15) is 0 Å². The van der Waals surface area contributed by atoms with E-state index >= 15 is 0 Å². The number of hydrogen-bond donors (Lipinski definition) is 0. The Morgan fingerprint density at radius 2 is 1.50 bits per heavy atom. The van der Waals surface area contributed by atoms with Gasteiger partial charge in [0.25, 0.3) is 5.91 Å². The summed E-state index contributed by atoms with van der Waals surface area (Å²) >= 11 is 6.10. The van der Waals surface area contributed by atoms with Crippen molar-refractivity contribution in [3.05, 3.63) is 107 Å². The molecule has 146 valence electrons. The van der Waals surface area contributed by atoms with Gasteiger partial charge < -0.3 is 4.90 Å². The third-order valence-corrected chi connectivity index (χ3v) is 5.76. The molecule has 1 aliphatic rings. The molecule has 0 saturated carbocycles. The molecule has 3 aromatic carbocycles. The molecule has 1 aromatic heterocycles. The van der Waals surface area contributed by atoms with Crippen molar-refractivity contribution in [2.75, 3.05) is 11.4 Å². The third-order valence-electron chi connectivity index (χ3n) is 5.52. The lowest BCUT2D eigenvalue weighted by atomic mass is 10.0. The average molecular weight is 411 g/mol. The van der Waals surface area contributed by atoms with Crippen LogP contribution in [0, 0.1) is 0 Å². The van der Waals surface area contributed by atoms with Crippen molar-refractivity contribution in [1.82, 2.24) is 4.98 Å². The van der Waals surface area contributed by atoms with Gasteiger partial charge in [0.15, 0.2) is 0 Å². The Labute approximate surface area is 180 Å².